The van der Waals surface area contributed by atoms with Crippen molar-refractivity contribution in [3.63, 3.8) is 0 Å². The van der Waals surface area contributed by atoms with E-state index in [0.29, 0.717) is 5.69 Å². The predicted octanol–water partition coefficient (Wildman–Crippen LogP) is 4.73. The van der Waals surface area contributed by atoms with Crippen molar-refractivity contribution >= 4 is 28.4 Å². The van der Waals surface area contributed by atoms with Crippen molar-refractivity contribution in [1.82, 2.24) is 10.2 Å². The standard InChI is InChI=1S/C24H29N3O3S/c28-23(25-22(17-27-13-4-5-14-27)18-6-2-1-3-7-18)24(11-12-24)20-8-9-21-19(16-20)10-15-31(29,30)26-21/h1-3,6-10,15-16,22,26,29-30H,4-5,11-14,17H2,(H,25,28). The van der Waals surface area contributed by atoms with Crippen LogP contribution in [-0.4, -0.2) is 39.5 Å². The highest BCUT2D eigenvalue weighted by molar-refractivity contribution is 8.28. The van der Waals surface area contributed by atoms with Crippen LogP contribution in [0.5, 0.6) is 0 Å². The van der Waals surface area contributed by atoms with Crippen LogP contribution >= 0.6 is 10.8 Å². The van der Waals surface area contributed by atoms with E-state index >= 15 is 0 Å². The Kier molecular flexibility index (Phi) is 5.30. The molecule has 3 aliphatic rings. The van der Waals surface area contributed by atoms with Crippen LogP contribution in [0.25, 0.3) is 6.08 Å². The Morgan fingerprint density at radius 2 is 1.87 bits per heavy atom. The Hall–Kier alpha value is -2.32. The van der Waals surface area contributed by atoms with Gasteiger partial charge in [0.15, 0.2) is 0 Å². The van der Waals surface area contributed by atoms with Gasteiger partial charge < -0.3 is 10.2 Å². The van der Waals surface area contributed by atoms with Crippen LogP contribution in [0.2, 0.25) is 0 Å². The van der Waals surface area contributed by atoms with Crippen LogP contribution in [0.4, 0.5) is 5.69 Å². The molecule has 2 aliphatic heterocycles. The minimum atomic E-state index is -2.92. The Labute approximate surface area is 184 Å². The molecule has 31 heavy (non-hydrogen) atoms. The predicted molar refractivity (Wildman–Crippen MR) is 126 cm³/mol. The maximum Gasteiger partial charge on any atom is 0.231 e. The van der Waals surface area contributed by atoms with E-state index in [2.05, 4.69) is 27.1 Å². The summed E-state index contributed by atoms with van der Waals surface area (Å²) in [5, 5.41) is 4.75. The molecule has 1 saturated heterocycles. The van der Waals surface area contributed by atoms with Crippen LogP contribution in [0.15, 0.2) is 53.9 Å². The summed E-state index contributed by atoms with van der Waals surface area (Å²) in [6.07, 6.45) is 5.82. The third-order valence-electron chi connectivity index (χ3n) is 6.63. The Morgan fingerprint density at radius 1 is 1.13 bits per heavy atom. The zero-order chi connectivity index (χ0) is 21.5. The Morgan fingerprint density at radius 3 is 2.58 bits per heavy atom. The van der Waals surface area contributed by atoms with Crippen LogP contribution in [-0.2, 0) is 10.2 Å². The van der Waals surface area contributed by atoms with Gasteiger partial charge >= 0.3 is 0 Å². The molecule has 1 amide bonds. The lowest BCUT2D eigenvalue weighted by Gasteiger charge is -2.34. The number of hydrogen-bond acceptors (Lipinski definition) is 5. The van der Waals surface area contributed by atoms with Gasteiger partial charge in [0.2, 0.25) is 5.91 Å². The molecular weight excluding hydrogens is 410 g/mol. The monoisotopic (exact) mass is 439 g/mol. The maximum absolute atomic E-state index is 13.5. The SMILES string of the molecule is O=C(NC(CN1CCCC1)c1ccccc1)C1(c2ccc3c(c2)C=CS(O)(O)N3)CC1. The van der Waals surface area contributed by atoms with Crippen LogP contribution in [0.3, 0.4) is 0 Å². The molecule has 4 N–H and O–H groups in total. The third-order valence-corrected chi connectivity index (χ3v) is 7.67. The van der Waals surface area contributed by atoms with E-state index < -0.39 is 16.2 Å². The van der Waals surface area contributed by atoms with Crippen molar-refractivity contribution in [2.45, 2.75) is 37.1 Å². The molecule has 1 unspecified atom stereocenters. The average molecular weight is 440 g/mol. The van der Waals surface area contributed by atoms with E-state index in [1.54, 1.807) is 6.08 Å². The first-order chi connectivity index (χ1) is 15.0. The van der Waals surface area contributed by atoms with Gasteiger partial charge in [-0.3, -0.25) is 18.6 Å². The number of hydrogen-bond donors (Lipinski definition) is 4. The summed E-state index contributed by atoms with van der Waals surface area (Å²) in [4.78, 5) is 16.0. The van der Waals surface area contributed by atoms with Gasteiger partial charge in [-0.15, -0.1) is 0 Å². The van der Waals surface area contributed by atoms with Crippen molar-refractivity contribution in [2.75, 3.05) is 24.4 Å². The maximum atomic E-state index is 13.5. The molecule has 164 valence electrons. The molecule has 6 nitrogen and oxygen atoms in total. The van der Waals surface area contributed by atoms with Crippen molar-refractivity contribution in [2.24, 2.45) is 0 Å². The fourth-order valence-corrected chi connectivity index (χ4v) is 5.58. The molecule has 7 heteroatoms. The topological polar surface area (TPSA) is 84.8 Å². The number of rotatable bonds is 6. The quantitative estimate of drug-likeness (QED) is 0.523. The number of nitrogens with one attached hydrogen (secondary N) is 2. The molecule has 2 aromatic carbocycles. The zero-order valence-electron chi connectivity index (χ0n) is 17.5. The number of anilines is 1. The fraction of sp³-hybridized carbons (Fsp3) is 0.375. The minimum absolute atomic E-state index is 0.0311. The Balaban J connectivity index is 1.37. The summed E-state index contributed by atoms with van der Waals surface area (Å²) in [6.45, 7) is 3.02. The molecule has 2 aromatic rings. The van der Waals surface area contributed by atoms with Crippen molar-refractivity contribution in [3.05, 3.63) is 70.6 Å². The second kappa shape index (κ2) is 7.98. The van der Waals surface area contributed by atoms with E-state index in [1.165, 1.54) is 18.2 Å². The fourth-order valence-electron chi connectivity index (χ4n) is 4.67. The molecule has 0 spiro atoms. The first-order valence-electron chi connectivity index (χ1n) is 10.9. The molecule has 2 heterocycles. The highest BCUT2D eigenvalue weighted by atomic mass is 32.3. The van der Waals surface area contributed by atoms with Gasteiger partial charge in [-0.1, -0.05) is 47.2 Å². The lowest BCUT2D eigenvalue weighted by atomic mass is 9.92. The van der Waals surface area contributed by atoms with Crippen LogP contribution in [0.1, 0.15) is 48.4 Å². The van der Waals surface area contributed by atoms with Gasteiger partial charge in [-0.05, 0) is 68.1 Å². The van der Waals surface area contributed by atoms with Crippen LogP contribution < -0.4 is 10.0 Å². The smallest absolute Gasteiger partial charge is 0.231 e. The van der Waals surface area contributed by atoms with Crippen molar-refractivity contribution in [1.29, 1.82) is 0 Å². The largest absolute Gasteiger partial charge is 0.347 e. The molecule has 0 bridgehead atoms. The number of amides is 1. The first-order valence-corrected chi connectivity index (χ1v) is 12.5. The number of benzene rings is 2. The second-order valence-corrected chi connectivity index (χ2v) is 10.5. The second-order valence-electron chi connectivity index (χ2n) is 8.83. The van der Waals surface area contributed by atoms with Gasteiger partial charge in [0.05, 0.1) is 17.1 Å². The summed E-state index contributed by atoms with van der Waals surface area (Å²) in [5.74, 6) is 0.0811. The Bertz CT molecular complexity index is 998. The van der Waals surface area contributed by atoms with Gasteiger partial charge in [0, 0.05) is 17.5 Å². The molecular formula is C24H29N3O3S. The summed E-state index contributed by atoms with van der Waals surface area (Å²) >= 11 is 0. The summed E-state index contributed by atoms with van der Waals surface area (Å²) in [6, 6.07) is 16.0. The molecule has 1 aliphatic carbocycles. The highest BCUT2D eigenvalue weighted by Gasteiger charge is 2.52. The summed E-state index contributed by atoms with van der Waals surface area (Å²) in [5.41, 5.74) is 3.18. The average Bonchev–Trinajstić information content (AvgIpc) is 3.43. The number of carbonyl (C=O) groups excluding carboxylic acids is 1. The first kappa shape index (κ1) is 20.6. The molecule has 0 radical (unpaired) electrons. The zero-order valence-corrected chi connectivity index (χ0v) is 18.3. The van der Waals surface area contributed by atoms with E-state index in [4.69, 9.17) is 0 Å². The van der Waals surface area contributed by atoms with Crippen molar-refractivity contribution in [3.8, 4) is 0 Å². The van der Waals surface area contributed by atoms with E-state index in [1.807, 2.05) is 36.4 Å². The molecule has 0 aromatic heterocycles. The lowest BCUT2D eigenvalue weighted by Crippen LogP contribution is -2.41. The van der Waals surface area contributed by atoms with Crippen LogP contribution in [0, 0.1) is 0 Å². The molecule has 1 atom stereocenters. The summed E-state index contributed by atoms with van der Waals surface area (Å²) in [7, 11) is -2.92. The van der Waals surface area contributed by atoms with E-state index in [9.17, 15) is 13.9 Å². The van der Waals surface area contributed by atoms with Gasteiger partial charge in [-0.25, -0.2) is 0 Å². The number of likely N-dealkylation sites (tertiary alicyclic amines) is 1. The van der Waals surface area contributed by atoms with Gasteiger partial charge in [0.1, 0.15) is 0 Å². The number of carbonyl (C=O) groups is 1. The van der Waals surface area contributed by atoms with E-state index in [-0.39, 0.29) is 11.9 Å². The number of nitrogens with zero attached hydrogens (tertiary/aromatic N) is 1. The van der Waals surface area contributed by atoms with Crippen molar-refractivity contribution < 1.29 is 13.9 Å². The normalized spacial score (nSPS) is 22.8. The molecule has 2 fully saturated rings. The minimum Gasteiger partial charge on any atom is -0.347 e. The highest BCUT2D eigenvalue weighted by Crippen LogP contribution is 2.51. The molecule has 5 rings (SSSR count). The number of fused-ring (bicyclic) bond motifs is 1. The van der Waals surface area contributed by atoms with Gasteiger partial charge in [-0.2, -0.15) is 0 Å². The summed E-state index contributed by atoms with van der Waals surface area (Å²) < 4.78 is 22.5. The molecule has 1 saturated carbocycles. The van der Waals surface area contributed by atoms with E-state index in [0.717, 1.165) is 49.2 Å². The third kappa shape index (κ3) is 4.23. The van der Waals surface area contributed by atoms with Gasteiger partial charge in [0.25, 0.3) is 0 Å². The lowest BCUT2D eigenvalue weighted by molar-refractivity contribution is -0.124.